The van der Waals surface area contributed by atoms with Crippen LogP contribution in [0.3, 0.4) is 0 Å². The fourth-order valence-corrected chi connectivity index (χ4v) is 1.55. The Morgan fingerprint density at radius 2 is 1.94 bits per heavy atom. The number of ketones is 1. The third-order valence-electron chi connectivity index (χ3n) is 1.97. The summed E-state index contributed by atoms with van der Waals surface area (Å²) in [6, 6.07) is 5.70. The van der Waals surface area contributed by atoms with Crippen molar-refractivity contribution in [3.63, 3.8) is 0 Å². The highest BCUT2D eigenvalue weighted by molar-refractivity contribution is 9.10. The average Bonchev–Trinajstić information content (AvgIpc) is 2.64. The van der Waals surface area contributed by atoms with Crippen molar-refractivity contribution in [1.82, 2.24) is 0 Å². The Morgan fingerprint density at radius 1 is 1.19 bits per heavy atom. The van der Waals surface area contributed by atoms with Crippen LogP contribution in [0.15, 0.2) is 39.4 Å². The van der Waals surface area contributed by atoms with E-state index in [0.717, 1.165) is 12.1 Å². The molecule has 0 aliphatic carbocycles. The first-order valence-corrected chi connectivity index (χ1v) is 5.12. The van der Waals surface area contributed by atoms with Crippen LogP contribution >= 0.6 is 15.9 Å². The van der Waals surface area contributed by atoms with Crippen molar-refractivity contribution in [1.29, 1.82) is 0 Å². The first kappa shape index (κ1) is 11.0. The molecule has 0 amide bonds. The van der Waals surface area contributed by atoms with Gasteiger partial charge in [0, 0.05) is 6.07 Å². The Labute approximate surface area is 98.0 Å². The minimum atomic E-state index is -0.905. The predicted molar refractivity (Wildman–Crippen MR) is 56.2 cm³/mol. The summed E-state index contributed by atoms with van der Waals surface area (Å²) in [5.41, 5.74) is -0.219. The molecule has 0 radical (unpaired) electrons. The third kappa shape index (κ3) is 2.04. The summed E-state index contributed by atoms with van der Waals surface area (Å²) in [6.45, 7) is 0. The molecule has 0 saturated heterocycles. The number of hydrogen-bond donors (Lipinski definition) is 0. The van der Waals surface area contributed by atoms with Crippen molar-refractivity contribution in [3.8, 4) is 0 Å². The van der Waals surface area contributed by atoms with Gasteiger partial charge in [0.15, 0.2) is 10.4 Å². The van der Waals surface area contributed by atoms with Gasteiger partial charge in [-0.2, -0.15) is 0 Å². The molecule has 2 nitrogen and oxygen atoms in total. The summed E-state index contributed by atoms with van der Waals surface area (Å²) in [4.78, 5) is 11.7. The van der Waals surface area contributed by atoms with E-state index in [2.05, 4.69) is 15.9 Å². The molecule has 2 rings (SSSR count). The maximum Gasteiger partial charge on any atom is 0.231 e. The summed E-state index contributed by atoms with van der Waals surface area (Å²) in [5.74, 6) is -2.26. The van der Waals surface area contributed by atoms with Crippen LogP contribution in [0.5, 0.6) is 0 Å². The molecule has 82 valence electrons. The molecule has 0 bridgehead atoms. The molecule has 1 heterocycles. The van der Waals surface area contributed by atoms with E-state index in [1.54, 1.807) is 0 Å². The molecule has 0 spiro atoms. The zero-order chi connectivity index (χ0) is 11.7. The second-order valence-corrected chi connectivity index (χ2v) is 3.84. The number of rotatable bonds is 2. The van der Waals surface area contributed by atoms with Crippen LogP contribution in [0, 0.1) is 11.6 Å². The zero-order valence-corrected chi connectivity index (χ0v) is 9.42. The van der Waals surface area contributed by atoms with Gasteiger partial charge in [-0.05, 0) is 40.2 Å². The third-order valence-corrected chi connectivity index (χ3v) is 2.40. The topological polar surface area (TPSA) is 30.2 Å². The molecule has 0 aliphatic rings. The van der Waals surface area contributed by atoms with Crippen LogP contribution in [0.25, 0.3) is 0 Å². The summed E-state index contributed by atoms with van der Waals surface area (Å²) in [7, 11) is 0. The van der Waals surface area contributed by atoms with E-state index in [0.29, 0.717) is 10.7 Å². The van der Waals surface area contributed by atoms with Gasteiger partial charge in [0.1, 0.15) is 11.6 Å². The molecular formula is C11H5BrF2O2. The van der Waals surface area contributed by atoms with Crippen LogP contribution in [-0.2, 0) is 0 Å². The highest BCUT2D eigenvalue weighted by atomic mass is 79.9. The van der Waals surface area contributed by atoms with E-state index in [1.165, 1.54) is 12.1 Å². The van der Waals surface area contributed by atoms with Crippen molar-refractivity contribution < 1.29 is 18.0 Å². The van der Waals surface area contributed by atoms with Gasteiger partial charge < -0.3 is 4.42 Å². The molecule has 1 aromatic heterocycles. The van der Waals surface area contributed by atoms with E-state index >= 15 is 0 Å². The molecule has 2 aromatic rings. The SMILES string of the molecule is O=C(c1ccc(Br)o1)c1ccc(F)cc1F. The highest BCUT2D eigenvalue weighted by Gasteiger charge is 2.17. The van der Waals surface area contributed by atoms with E-state index in [4.69, 9.17) is 4.42 Å². The molecule has 5 heteroatoms. The first-order chi connectivity index (χ1) is 7.58. The van der Waals surface area contributed by atoms with Gasteiger partial charge in [0.25, 0.3) is 0 Å². The van der Waals surface area contributed by atoms with Gasteiger partial charge in [-0.1, -0.05) is 0 Å². The van der Waals surface area contributed by atoms with Gasteiger partial charge in [-0.15, -0.1) is 0 Å². The second kappa shape index (κ2) is 4.17. The summed E-state index contributed by atoms with van der Waals surface area (Å²) >= 11 is 3.03. The first-order valence-electron chi connectivity index (χ1n) is 4.33. The van der Waals surface area contributed by atoms with Crippen LogP contribution < -0.4 is 0 Å². The number of halogens is 3. The Morgan fingerprint density at radius 3 is 2.50 bits per heavy atom. The summed E-state index contributed by atoms with van der Waals surface area (Å²) in [5, 5.41) is 0. The Kier molecular flexibility index (Phi) is 2.87. The molecule has 0 saturated carbocycles. The minimum Gasteiger partial charge on any atom is -0.446 e. The molecule has 16 heavy (non-hydrogen) atoms. The van der Waals surface area contributed by atoms with Gasteiger partial charge in [0.05, 0.1) is 5.56 Å². The van der Waals surface area contributed by atoms with E-state index in [1.807, 2.05) is 0 Å². The van der Waals surface area contributed by atoms with Crippen molar-refractivity contribution in [3.05, 3.63) is 58.0 Å². The standard InChI is InChI=1S/C11H5BrF2O2/c12-10-4-3-9(16-10)11(15)7-2-1-6(13)5-8(7)14/h1-5H. The molecule has 1 aromatic carbocycles. The average molecular weight is 287 g/mol. The Hall–Kier alpha value is -1.49. The Bertz CT molecular complexity index is 549. The van der Waals surface area contributed by atoms with Crippen molar-refractivity contribution in [2.75, 3.05) is 0 Å². The van der Waals surface area contributed by atoms with Gasteiger partial charge in [0.2, 0.25) is 5.78 Å². The summed E-state index contributed by atoms with van der Waals surface area (Å²) in [6.07, 6.45) is 0. The monoisotopic (exact) mass is 286 g/mol. The molecule has 0 atom stereocenters. The second-order valence-electron chi connectivity index (χ2n) is 3.06. The van der Waals surface area contributed by atoms with Crippen LogP contribution in [0.4, 0.5) is 8.78 Å². The normalized spacial score (nSPS) is 10.4. The fourth-order valence-electron chi connectivity index (χ4n) is 1.24. The van der Waals surface area contributed by atoms with Gasteiger partial charge in [-0.25, -0.2) is 8.78 Å². The maximum absolute atomic E-state index is 13.3. The highest BCUT2D eigenvalue weighted by Crippen LogP contribution is 2.19. The number of carbonyl (C=O) groups is 1. The maximum atomic E-state index is 13.3. The smallest absolute Gasteiger partial charge is 0.231 e. The lowest BCUT2D eigenvalue weighted by molar-refractivity contribution is 0.100. The molecular weight excluding hydrogens is 282 g/mol. The lowest BCUT2D eigenvalue weighted by Crippen LogP contribution is -2.03. The zero-order valence-electron chi connectivity index (χ0n) is 7.84. The van der Waals surface area contributed by atoms with Crippen LogP contribution in [0.2, 0.25) is 0 Å². The van der Waals surface area contributed by atoms with Crippen molar-refractivity contribution in [2.45, 2.75) is 0 Å². The number of carbonyl (C=O) groups excluding carboxylic acids is 1. The number of furan rings is 1. The molecule has 0 N–H and O–H groups in total. The number of hydrogen-bond acceptors (Lipinski definition) is 2. The largest absolute Gasteiger partial charge is 0.446 e. The lowest BCUT2D eigenvalue weighted by Gasteiger charge is -1.99. The quantitative estimate of drug-likeness (QED) is 0.791. The van der Waals surface area contributed by atoms with E-state index in [9.17, 15) is 13.6 Å². The molecule has 0 unspecified atom stereocenters. The van der Waals surface area contributed by atoms with Gasteiger partial charge >= 0.3 is 0 Å². The Balaban J connectivity index is 2.41. The van der Waals surface area contributed by atoms with E-state index in [-0.39, 0.29) is 11.3 Å². The summed E-state index contributed by atoms with van der Waals surface area (Å²) < 4.78 is 31.3. The van der Waals surface area contributed by atoms with Crippen molar-refractivity contribution in [2.24, 2.45) is 0 Å². The van der Waals surface area contributed by atoms with Crippen molar-refractivity contribution >= 4 is 21.7 Å². The van der Waals surface area contributed by atoms with Crippen LogP contribution in [0.1, 0.15) is 16.1 Å². The van der Waals surface area contributed by atoms with Crippen LogP contribution in [-0.4, -0.2) is 5.78 Å². The van der Waals surface area contributed by atoms with Gasteiger partial charge in [-0.3, -0.25) is 4.79 Å². The fraction of sp³-hybridized carbons (Fsp3) is 0. The van der Waals surface area contributed by atoms with E-state index < -0.39 is 17.4 Å². The molecule has 0 fully saturated rings. The number of benzene rings is 1. The molecule has 0 aliphatic heterocycles. The minimum absolute atomic E-state index is 0.00242. The predicted octanol–water partition coefficient (Wildman–Crippen LogP) is 3.55. The lowest BCUT2D eigenvalue weighted by atomic mass is 10.1.